The van der Waals surface area contributed by atoms with Crippen LogP contribution < -0.4 is 10.1 Å². The summed E-state index contributed by atoms with van der Waals surface area (Å²) in [7, 11) is 0. The number of nitrogens with zero attached hydrogens (tertiary/aromatic N) is 1. The minimum absolute atomic E-state index is 0.0412. The number of amides is 1. The highest BCUT2D eigenvalue weighted by Crippen LogP contribution is 2.18. The normalized spacial score (nSPS) is 15.6. The Morgan fingerprint density at radius 3 is 2.69 bits per heavy atom. The summed E-state index contributed by atoms with van der Waals surface area (Å²) in [5.74, 6) is 0.930. The lowest BCUT2D eigenvalue weighted by Gasteiger charge is -2.32. The first-order chi connectivity index (χ1) is 12.6. The Balaban J connectivity index is 1.39. The quantitative estimate of drug-likeness (QED) is 0.772. The standard InChI is InChI=1S/C21H25BrN2O2/c1-16-5-2-3-8-20(16)21(25)23-18-9-11-24(12-10-18)13-14-26-19-7-4-6-17(22)15-19/h2-8,15,18H,9-14H2,1H3,(H,23,25). The van der Waals surface area contributed by atoms with Gasteiger partial charge in [-0.15, -0.1) is 0 Å². The van der Waals surface area contributed by atoms with Crippen molar-refractivity contribution in [3.05, 3.63) is 64.1 Å². The second-order valence-corrected chi connectivity index (χ2v) is 7.63. The van der Waals surface area contributed by atoms with Gasteiger partial charge in [0.15, 0.2) is 0 Å². The fraction of sp³-hybridized carbons (Fsp3) is 0.381. The molecule has 1 aliphatic heterocycles. The molecule has 26 heavy (non-hydrogen) atoms. The van der Waals surface area contributed by atoms with Crippen LogP contribution in [0, 0.1) is 6.92 Å². The molecule has 1 amide bonds. The second-order valence-electron chi connectivity index (χ2n) is 6.71. The van der Waals surface area contributed by atoms with Gasteiger partial charge in [0.25, 0.3) is 5.91 Å². The van der Waals surface area contributed by atoms with E-state index >= 15 is 0 Å². The van der Waals surface area contributed by atoms with Crippen LogP contribution in [-0.4, -0.2) is 43.1 Å². The van der Waals surface area contributed by atoms with Crippen LogP contribution >= 0.6 is 15.9 Å². The molecule has 0 spiro atoms. The maximum atomic E-state index is 12.4. The zero-order valence-electron chi connectivity index (χ0n) is 15.1. The van der Waals surface area contributed by atoms with Crippen LogP contribution in [0.3, 0.4) is 0 Å². The number of aryl methyl sites for hydroxylation is 1. The highest BCUT2D eigenvalue weighted by molar-refractivity contribution is 9.10. The summed E-state index contributed by atoms with van der Waals surface area (Å²) >= 11 is 3.45. The number of ether oxygens (including phenoxy) is 1. The first-order valence-corrected chi connectivity index (χ1v) is 9.88. The lowest BCUT2D eigenvalue weighted by Crippen LogP contribution is -2.45. The number of carbonyl (C=O) groups excluding carboxylic acids is 1. The number of nitrogens with one attached hydrogen (secondary N) is 1. The lowest BCUT2D eigenvalue weighted by atomic mass is 10.0. The monoisotopic (exact) mass is 416 g/mol. The molecule has 2 aromatic rings. The molecule has 138 valence electrons. The molecule has 1 fully saturated rings. The van der Waals surface area contributed by atoms with Gasteiger partial charge in [-0.25, -0.2) is 0 Å². The van der Waals surface area contributed by atoms with Crippen molar-refractivity contribution in [2.24, 2.45) is 0 Å². The number of hydrogen-bond donors (Lipinski definition) is 1. The third kappa shape index (κ3) is 5.32. The van der Waals surface area contributed by atoms with E-state index < -0.39 is 0 Å². The number of piperidine rings is 1. The zero-order chi connectivity index (χ0) is 18.4. The van der Waals surface area contributed by atoms with Crippen molar-refractivity contribution < 1.29 is 9.53 Å². The van der Waals surface area contributed by atoms with E-state index in [2.05, 4.69) is 26.1 Å². The molecule has 2 aromatic carbocycles. The summed E-state index contributed by atoms with van der Waals surface area (Å²) in [5.41, 5.74) is 1.80. The van der Waals surface area contributed by atoms with Crippen LogP contribution in [0.15, 0.2) is 53.0 Å². The van der Waals surface area contributed by atoms with E-state index in [9.17, 15) is 4.79 Å². The molecule has 0 unspecified atom stereocenters. The highest BCUT2D eigenvalue weighted by Gasteiger charge is 2.21. The molecular weight excluding hydrogens is 392 g/mol. The zero-order valence-corrected chi connectivity index (χ0v) is 16.7. The van der Waals surface area contributed by atoms with Crippen LogP contribution in [0.1, 0.15) is 28.8 Å². The minimum Gasteiger partial charge on any atom is -0.492 e. The maximum Gasteiger partial charge on any atom is 0.251 e. The molecule has 1 N–H and O–H groups in total. The fourth-order valence-electron chi connectivity index (χ4n) is 3.24. The van der Waals surface area contributed by atoms with E-state index in [-0.39, 0.29) is 11.9 Å². The lowest BCUT2D eigenvalue weighted by molar-refractivity contribution is 0.0905. The van der Waals surface area contributed by atoms with Gasteiger partial charge in [0.2, 0.25) is 0 Å². The molecule has 4 nitrogen and oxygen atoms in total. The van der Waals surface area contributed by atoms with E-state index in [1.165, 1.54) is 0 Å². The third-order valence-electron chi connectivity index (χ3n) is 4.78. The maximum absolute atomic E-state index is 12.4. The van der Waals surface area contributed by atoms with Crippen molar-refractivity contribution in [3.63, 3.8) is 0 Å². The summed E-state index contributed by atoms with van der Waals surface area (Å²) in [6.07, 6.45) is 1.96. The smallest absolute Gasteiger partial charge is 0.251 e. The van der Waals surface area contributed by atoms with Crippen molar-refractivity contribution in [3.8, 4) is 5.75 Å². The number of benzene rings is 2. The van der Waals surface area contributed by atoms with E-state index in [0.717, 1.165) is 53.8 Å². The van der Waals surface area contributed by atoms with Crippen LogP contribution in [0.2, 0.25) is 0 Å². The Bertz CT molecular complexity index is 742. The molecule has 5 heteroatoms. The average Bonchev–Trinajstić information content (AvgIpc) is 2.63. The van der Waals surface area contributed by atoms with Crippen LogP contribution in [0.5, 0.6) is 5.75 Å². The molecule has 0 radical (unpaired) electrons. The second kappa shape index (κ2) is 9.19. The van der Waals surface area contributed by atoms with Crippen LogP contribution in [0.4, 0.5) is 0 Å². The van der Waals surface area contributed by atoms with Gasteiger partial charge in [-0.1, -0.05) is 40.2 Å². The number of carbonyl (C=O) groups is 1. The SMILES string of the molecule is Cc1ccccc1C(=O)NC1CCN(CCOc2cccc(Br)c2)CC1. The van der Waals surface area contributed by atoms with E-state index in [1.807, 2.05) is 55.5 Å². The number of hydrogen-bond acceptors (Lipinski definition) is 3. The van der Waals surface area contributed by atoms with E-state index in [1.54, 1.807) is 0 Å². The highest BCUT2D eigenvalue weighted by atomic mass is 79.9. The topological polar surface area (TPSA) is 41.6 Å². The van der Waals surface area contributed by atoms with E-state index in [4.69, 9.17) is 4.74 Å². The van der Waals surface area contributed by atoms with Gasteiger partial charge < -0.3 is 10.1 Å². The number of likely N-dealkylation sites (tertiary alicyclic amines) is 1. The van der Waals surface area contributed by atoms with Gasteiger partial charge in [-0.3, -0.25) is 9.69 Å². The Kier molecular flexibility index (Phi) is 6.69. The molecule has 3 rings (SSSR count). The molecule has 0 aromatic heterocycles. The summed E-state index contributed by atoms with van der Waals surface area (Å²) in [6, 6.07) is 15.9. The molecule has 0 bridgehead atoms. The van der Waals surface area contributed by atoms with Crippen molar-refractivity contribution >= 4 is 21.8 Å². The third-order valence-corrected chi connectivity index (χ3v) is 5.28. The Morgan fingerprint density at radius 2 is 1.96 bits per heavy atom. The summed E-state index contributed by atoms with van der Waals surface area (Å²) in [6.45, 7) is 5.53. The Hall–Kier alpha value is -1.85. The molecule has 1 aliphatic rings. The van der Waals surface area contributed by atoms with Gasteiger partial charge in [0.1, 0.15) is 12.4 Å². The molecular formula is C21H25BrN2O2. The van der Waals surface area contributed by atoms with Crippen LogP contribution in [-0.2, 0) is 0 Å². The number of halogens is 1. The Labute approximate surface area is 163 Å². The van der Waals surface area contributed by atoms with Crippen LogP contribution in [0.25, 0.3) is 0 Å². The summed E-state index contributed by atoms with van der Waals surface area (Å²) < 4.78 is 6.84. The average molecular weight is 417 g/mol. The predicted octanol–water partition coefficient (Wildman–Crippen LogP) is 4.03. The number of rotatable bonds is 6. The van der Waals surface area contributed by atoms with Gasteiger partial charge in [0.05, 0.1) is 0 Å². The first-order valence-electron chi connectivity index (χ1n) is 9.09. The van der Waals surface area contributed by atoms with Gasteiger partial charge in [-0.05, 0) is 49.6 Å². The largest absolute Gasteiger partial charge is 0.492 e. The molecule has 1 heterocycles. The van der Waals surface area contributed by atoms with Gasteiger partial charge in [0, 0.05) is 35.7 Å². The van der Waals surface area contributed by atoms with Crippen molar-refractivity contribution in [2.75, 3.05) is 26.2 Å². The van der Waals surface area contributed by atoms with E-state index in [0.29, 0.717) is 6.61 Å². The Morgan fingerprint density at radius 1 is 1.19 bits per heavy atom. The molecule has 1 saturated heterocycles. The van der Waals surface area contributed by atoms with Crippen molar-refractivity contribution in [2.45, 2.75) is 25.8 Å². The van der Waals surface area contributed by atoms with Crippen molar-refractivity contribution in [1.29, 1.82) is 0 Å². The summed E-state index contributed by atoms with van der Waals surface area (Å²) in [4.78, 5) is 14.8. The van der Waals surface area contributed by atoms with Crippen molar-refractivity contribution in [1.82, 2.24) is 10.2 Å². The molecule has 0 saturated carbocycles. The minimum atomic E-state index is 0.0412. The molecule has 0 atom stereocenters. The first kappa shape index (κ1) is 18.9. The van der Waals surface area contributed by atoms with Gasteiger partial charge in [-0.2, -0.15) is 0 Å². The summed E-state index contributed by atoms with van der Waals surface area (Å²) in [5, 5.41) is 3.18. The predicted molar refractivity (Wildman–Crippen MR) is 108 cm³/mol. The fourth-order valence-corrected chi connectivity index (χ4v) is 3.62. The molecule has 0 aliphatic carbocycles. The van der Waals surface area contributed by atoms with Gasteiger partial charge >= 0.3 is 0 Å².